The minimum absolute atomic E-state index is 0.329. The molecule has 0 amide bonds. The number of carbonyl (C=O) groups excluding carboxylic acids is 3. The number of hydrogen-bond acceptors (Lipinski definition) is 5. The second-order valence-corrected chi connectivity index (χ2v) is 3.00. The Bertz CT molecular complexity index is 443. The Morgan fingerprint density at radius 3 is 2.00 bits per heavy atom. The Kier molecular flexibility index (Phi) is 4.16. The molecule has 0 unspecified atom stereocenters. The molecule has 0 saturated heterocycles. The molecule has 1 aromatic rings. The van der Waals surface area contributed by atoms with Crippen LogP contribution >= 0.6 is 0 Å². The van der Waals surface area contributed by atoms with Gasteiger partial charge in [-0.1, -0.05) is 18.7 Å². The third-order valence-corrected chi connectivity index (χ3v) is 1.80. The lowest BCUT2D eigenvalue weighted by Gasteiger charge is -1.86. The summed E-state index contributed by atoms with van der Waals surface area (Å²) in [5, 5.41) is 0. The van der Waals surface area contributed by atoms with Crippen molar-refractivity contribution in [2.24, 2.45) is 0 Å². The number of cyclic esters (lactones) is 2. The molecule has 0 atom stereocenters. The van der Waals surface area contributed by atoms with E-state index in [1.807, 2.05) is 0 Å². The molecular weight excluding hydrogens is 224 g/mol. The highest BCUT2D eigenvalue weighted by atomic mass is 16.6. The maximum absolute atomic E-state index is 10.8. The molecule has 0 spiro atoms. The van der Waals surface area contributed by atoms with E-state index in [1.54, 1.807) is 24.3 Å². The Hall–Kier alpha value is -2.43. The predicted molar refractivity (Wildman–Crippen MR) is 58.2 cm³/mol. The summed E-state index contributed by atoms with van der Waals surface area (Å²) in [6.07, 6.45) is 1.10. The zero-order chi connectivity index (χ0) is 12.8. The first kappa shape index (κ1) is 12.6. The Labute approximate surface area is 97.6 Å². The fourth-order valence-electron chi connectivity index (χ4n) is 1.15. The van der Waals surface area contributed by atoms with Crippen LogP contribution in [-0.4, -0.2) is 17.9 Å². The summed E-state index contributed by atoms with van der Waals surface area (Å²) in [4.78, 5) is 31.4. The van der Waals surface area contributed by atoms with Gasteiger partial charge in [0.1, 0.15) is 0 Å². The van der Waals surface area contributed by atoms with Gasteiger partial charge < -0.3 is 9.47 Å². The van der Waals surface area contributed by atoms with E-state index in [0.29, 0.717) is 11.1 Å². The van der Waals surface area contributed by atoms with E-state index in [9.17, 15) is 14.4 Å². The zero-order valence-corrected chi connectivity index (χ0v) is 9.14. The van der Waals surface area contributed by atoms with Gasteiger partial charge in [-0.05, 0) is 12.1 Å². The lowest BCUT2D eigenvalue weighted by Crippen LogP contribution is -1.96. The molecule has 0 radical (unpaired) electrons. The predicted octanol–water partition coefficient (Wildman–Crippen LogP) is 1.69. The largest absolute Gasteiger partial charge is 0.435 e. The third-order valence-electron chi connectivity index (χ3n) is 1.80. The van der Waals surface area contributed by atoms with Gasteiger partial charge in [-0.15, -0.1) is 0 Å². The molecule has 0 saturated carbocycles. The van der Waals surface area contributed by atoms with Crippen molar-refractivity contribution in [3.05, 3.63) is 48.2 Å². The highest BCUT2D eigenvalue weighted by molar-refractivity contribution is 6.14. The van der Waals surface area contributed by atoms with Crippen molar-refractivity contribution in [1.29, 1.82) is 0 Å². The summed E-state index contributed by atoms with van der Waals surface area (Å²) in [5.74, 6) is -1.43. The summed E-state index contributed by atoms with van der Waals surface area (Å²) in [6, 6.07) is 6.53. The SMILES string of the molecule is C=COC(C)=O.O=C1OC(=O)c2ccccc21. The lowest BCUT2D eigenvalue weighted by molar-refractivity contribution is -0.135. The fourth-order valence-corrected chi connectivity index (χ4v) is 1.15. The van der Waals surface area contributed by atoms with Crippen LogP contribution in [0.1, 0.15) is 27.6 Å². The lowest BCUT2D eigenvalue weighted by atomic mass is 10.1. The van der Waals surface area contributed by atoms with E-state index in [1.165, 1.54) is 6.92 Å². The van der Waals surface area contributed by atoms with Crippen LogP contribution in [0.2, 0.25) is 0 Å². The van der Waals surface area contributed by atoms with Gasteiger partial charge in [0.05, 0.1) is 17.4 Å². The minimum Gasteiger partial charge on any atom is -0.435 e. The smallest absolute Gasteiger partial charge is 0.346 e. The fraction of sp³-hybridized carbons (Fsp3) is 0.0833. The van der Waals surface area contributed by atoms with Crippen molar-refractivity contribution in [2.45, 2.75) is 6.92 Å². The van der Waals surface area contributed by atoms with Gasteiger partial charge in [0.15, 0.2) is 0 Å². The standard InChI is InChI=1S/C8H4O3.C4H6O2/c9-7-5-3-1-2-4-6(5)8(10)11-7;1-3-6-4(2)5/h1-4H;3H,1H2,2H3. The number of fused-ring (bicyclic) bond motifs is 1. The van der Waals surface area contributed by atoms with Gasteiger partial charge >= 0.3 is 17.9 Å². The second-order valence-electron chi connectivity index (χ2n) is 3.00. The molecule has 1 aromatic carbocycles. The first-order valence-electron chi connectivity index (χ1n) is 4.70. The molecule has 0 N–H and O–H groups in total. The van der Waals surface area contributed by atoms with Crippen LogP contribution in [0.15, 0.2) is 37.1 Å². The summed E-state index contributed by atoms with van der Waals surface area (Å²) < 4.78 is 8.52. The van der Waals surface area contributed by atoms with E-state index in [4.69, 9.17) is 0 Å². The van der Waals surface area contributed by atoms with Crippen LogP contribution in [0.25, 0.3) is 0 Å². The van der Waals surface area contributed by atoms with Gasteiger partial charge in [-0.25, -0.2) is 9.59 Å². The molecule has 5 heteroatoms. The molecule has 0 aliphatic carbocycles. The number of benzene rings is 1. The highest BCUT2D eigenvalue weighted by Gasteiger charge is 2.28. The Morgan fingerprint density at radius 2 is 1.71 bits per heavy atom. The van der Waals surface area contributed by atoms with E-state index in [0.717, 1.165) is 6.26 Å². The topological polar surface area (TPSA) is 69.7 Å². The number of carbonyl (C=O) groups is 3. The van der Waals surface area contributed by atoms with Crippen molar-refractivity contribution < 1.29 is 23.9 Å². The van der Waals surface area contributed by atoms with Gasteiger partial charge in [-0.2, -0.15) is 0 Å². The Morgan fingerprint density at radius 1 is 1.24 bits per heavy atom. The molecule has 1 aliphatic heterocycles. The van der Waals surface area contributed by atoms with Crippen molar-refractivity contribution in [2.75, 3.05) is 0 Å². The van der Waals surface area contributed by atoms with E-state index >= 15 is 0 Å². The van der Waals surface area contributed by atoms with Crippen LogP contribution in [0.3, 0.4) is 0 Å². The highest BCUT2D eigenvalue weighted by Crippen LogP contribution is 2.18. The first-order chi connectivity index (χ1) is 8.06. The molecule has 0 aromatic heterocycles. The number of ether oxygens (including phenoxy) is 2. The summed E-state index contributed by atoms with van der Waals surface area (Å²) in [6.45, 7) is 4.48. The first-order valence-corrected chi connectivity index (χ1v) is 4.70. The van der Waals surface area contributed by atoms with Crippen LogP contribution in [-0.2, 0) is 14.3 Å². The van der Waals surface area contributed by atoms with Gasteiger partial charge in [0.25, 0.3) is 0 Å². The van der Waals surface area contributed by atoms with E-state index < -0.39 is 11.9 Å². The van der Waals surface area contributed by atoms with Crippen LogP contribution < -0.4 is 0 Å². The molecule has 0 bridgehead atoms. The molecular formula is C12H10O5. The van der Waals surface area contributed by atoms with E-state index in [2.05, 4.69) is 16.1 Å². The quantitative estimate of drug-likeness (QED) is 0.420. The molecule has 17 heavy (non-hydrogen) atoms. The monoisotopic (exact) mass is 234 g/mol. The third kappa shape index (κ3) is 3.27. The molecule has 5 nitrogen and oxygen atoms in total. The van der Waals surface area contributed by atoms with Crippen molar-refractivity contribution in [1.82, 2.24) is 0 Å². The summed E-state index contributed by atoms with van der Waals surface area (Å²) in [7, 11) is 0. The maximum atomic E-state index is 10.8. The van der Waals surface area contributed by atoms with E-state index in [-0.39, 0.29) is 5.97 Å². The maximum Gasteiger partial charge on any atom is 0.346 e. The van der Waals surface area contributed by atoms with Crippen molar-refractivity contribution in [3.8, 4) is 0 Å². The van der Waals surface area contributed by atoms with Gasteiger partial charge in [-0.3, -0.25) is 4.79 Å². The summed E-state index contributed by atoms with van der Waals surface area (Å²) >= 11 is 0. The number of hydrogen-bond donors (Lipinski definition) is 0. The van der Waals surface area contributed by atoms with Crippen LogP contribution in [0.5, 0.6) is 0 Å². The van der Waals surface area contributed by atoms with Gasteiger partial charge in [0, 0.05) is 6.92 Å². The minimum atomic E-state index is -0.550. The van der Waals surface area contributed by atoms with Crippen molar-refractivity contribution >= 4 is 17.9 Å². The average molecular weight is 234 g/mol. The molecule has 1 heterocycles. The molecule has 88 valence electrons. The van der Waals surface area contributed by atoms with Gasteiger partial charge in [0.2, 0.25) is 0 Å². The molecule has 1 aliphatic rings. The second kappa shape index (κ2) is 5.60. The number of rotatable bonds is 1. The van der Waals surface area contributed by atoms with Crippen molar-refractivity contribution in [3.63, 3.8) is 0 Å². The summed E-state index contributed by atoms with van der Waals surface area (Å²) in [5.41, 5.74) is 0.718. The average Bonchev–Trinajstić information content (AvgIpc) is 2.56. The zero-order valence-electron chi connectivity index (χ0n) is 9.14. The molecule has 0 fully saturated rings. The number of esters is 3. The molecule has 2 rings (SSSR count). The Balaban J connectivity index is 0.000000209. The van der Waals surface area contributed by atoms with Crippen LogP contribution in [0, 0.1) is 0 Å². The normalized spacial score (nSPS) is 11.8. The van der Waals surface area contributed by atoms with Crippen LogP contribution in [0.4, 0.5) is 0 Å².